The minimum Gasteiger partial charge on any atom is -0.314 e. The highest BCUT2D eigenvalue weighted by Gasteiger charge is 2.37. The highest BCUT2D eigenvalue weighted by molar-refractivity contribution is 4.99. The molecule has 0 radical (unpaired) electrons. The quantitative estimate of drug-likeness (QED) is 0.730. The largest absolute Gasteiger partial charge is 0.314 e. The van der Waals surface area contributed by atoms with E-state index in [1.807, 2.05) is 0 Å². The monoisotopic (exact) mass is 308 g/mol. The molecule has 0 aromatic carbocycles. The van der Waals surface area contributed by atoms with E-state index in [0.29, 0.717) is 6.04 Å². The van der Waals surface area contributed by atoms with Crippen LogP contribution in [0.25, 0.3) is 0 Å². The molecule has 2 nitrogen and oxygen atoms in total. The Morgan fingerprint density at radius 2 is 1.45 bits per heavy atom. The fraction of sp³-hybridized carbons (Fsp3) is 1.00. The molecule has 1 aliphatic heterocycles. The molecule has 0 bridgehead atoms. The van der Waals surface area contributed by atoms with E-state index in [1.165, 1.54) is 64.3 Å². The second-order valence-electron chi connectivity index (χ2n) is 9.44. The van der Waals surface area contributed by atoms with Crippen LogP contribution in [0.4, 0.5) is 0 Å². The third-order valence-corrected chi connectivity index (χ3v) is 5.82. The summed E-state index contributed by atoms with van der Waals surface area (Å²) in [6, 6.07) is 0.684. The van der Waals surface area contributed by atoms with Gasteiger partial charge in [0.2, 0.25) is 0 Å². The topological polar surface area (TPSA) is 24.1 Å². The van der Waals surface area contributed by atoms with Crippen LogP contribution in [0.2, 0.25) is 0 Å². The van der Waals surface area contributed by atoms with E-state index in [0.717, 1.165) is 11.8 Å². The van der Waals surface area contributed by atoms with Crippen molar-refractivity contribution in [1.82, 2.24) is 10.6 Å². The fourth-order valence-corrected chi connectivity index (χ4v) is 5.02. The van der Waals surface area contributed by atoms with Crippen molar-refractivity contribution in [2.24, 2.45) is 11.8 Å². The molecule has 2 aliphatic rings. The van der Waals surface area contributed by atoms with Gasteiger partial charge in [0.05, 0.1) is 0 Å². The van der Waals surface area contributed by atoms with Gasteiger partial charge < -0.3 is 10.6 Å². The molecule has 0 aromatic heterocycles. The van der Waals surface area contributed by atoms with Gasteiger partial charge in [-0.25, -0.2) is 0 Å². The number of hydrogen-bond acceptors (Lipinski definition) is 2. The molecule has 2 fully saturated rings. The van der Waals surface area contributed by atoms with Gasteiger partial charge >= 0.3 is 0 Å². The molecular formula is C20H40N2. The molecule has 22 heavy (non-hydrogen) atoms. The average Bonchev–Trinajstić information content (AvgIpc) is 2.41. The highest BCUT2D eigenvalue weighted by atomic mass is 15.1. The summed E-state index contributed by atoms with van der Waals surface area (Å²) in [4.78, 5) is 0. The van der Waals surface area contributed by atoms with E-state index in [-0.39, 0.29) is 11.1 Å². The molecule has 0 amide bonds. The second kappa shape index (κ2) is 7.66. The molecule has 1 heterocycles. The Bertz CT molecular complexity index is 311. The first-order chi connectivity index (χ1) is 10.3. The van der Waals surface area contributed by atoms with Crippen LogP contribution in [-0.2, 0) is 0 Å². The Morgan fingerprint density at radius 3 is 2.00 bits per heavy atom. The molecule has 130 valence electrons. The Hall–Kier alpha value is -0.0800. The Labute approximate surface area is 139 Å². The molecule has 0 aromatic rings. The van der Waals surface area contributed by atoms with Crippen molar-refractivity contribution in [3.63, 3.8) is 0 Å². The Balaban J connectivity index is 1.70. The van der Waals surface area contributed by atoms with Crippen LogP contribution in [0.3, 0.4) is 0 Å². The van der Waals surface area contributed by atoms with Crippen molar-refractivity contribution < 1.29 is 0 Å². The minimum atomic E-state index is 0.261. The lowest BCUT2D eigenvalue weighted by Crippen LogP contribution is -2.61. The van der Waals surface area contributed by atoms with E-state index in [1.54, 1.807) is 0 Å². The summed E-state index contributed by atoms with van der Waals surface area (Å²) in [5, 5.41) is 7.71. The highest BCUT2D eigenvalue weighted by Crippen LogP contribution is 2.33. The van der Waals surface area contributed by atoms with Gasteiger partial charge in [-0.05, 0) is 71.8 Å². The van der Waals surface area contributed by atoms with Crippen LogP contribution >= 0.6 is 0 Å². The number of nitrogens with one attached hydrogen (secondary N) is 2. The maximum absolute atomic E-state index is 3.92. The molecule has 0 spiro atoms. The van der Waals surface area contributed by atoms with Crippen molar-refractivity contribution in [2.75, 3.05) is 6.54 Å². The van der Waals surface area contributed by atoms with Crippen LogP contribution in [-0.4, -0.2) is 23.7 Å². The number of piperidine rings is 1. The normalized spacial score (nSPS) is 32.0. The lowest BCUT2D eigenvalue weighted by Gasteiger charge is -2.47. The van der Waals surface area contributed by atoms with Crippen molar-refractivity contribution >= 4 is 0 Å². The summed E-state index contributed by atoms with van der Waals surface area (Å²) in [5.74, 6) is 1.96. The van der Waals surface area contributed by atoms with Gasteiger partial charge in [-0.3, -0.25) is 0 Å². The Kier molecular flexibility index (Phi) is 6.36. The summed E-state index contributed by atoms with van der Waals surface area (Å²) in [7, 11) is 0. The number of unbranched alkanes of at least 4 members (excludes halogenated alkanes) is 1. The Morgan fingerprint density at radius 1 is 0.909 bits per heavy atom. The molecule has 2 N–H and O–H groups in total. The summed E-state index contributed by atoms with van der Waals surface area (Å²) >= 11 is 0. The van der Waals surface area contributed by atoms with Gasteiger partial charge in [-0.2, -0.15) is 0 Å². The molecule has 0 unspecified atom stereocenters. The maximum Gasteiger partial charge on any atom is 0.0144 e. The van der Waals surface area contributed by atoms with Gasteiger partial charge in [0.25, 0.3) is 0 Å². The lowest BCUT2D eigenvalue weighted by atomic mass is 9.78. The van der Waals surface area contributed by atoms with Crippen molar-refractivity contribution in [3.05, 3.63) is 0 Å². The predicted octanol–water partition coefficient (Wildman–Crippen LogP) is 4.88. The molecule has 1 aliphatic carbocycles. The standard InChI is InChI=1S/C20H40N2/c1-6-7-8-16-9-11-17(12-10-16)15-21-18-13-19(2,3)22-20(4,5)14-18/h16-18,21-22H,6-15H2,1-5H3. The first-order valence-corrected chi connectivity index (χ1v) is 9.82. The molecule has 2 rings (SSSR count). The zero-order valence-electron chi connectivity index (χ0n) is 15.8. The van der Waals surface area contributed by atoms with E-state index < -0.39 is 0 Å². The van der Waals surface area contributed by atoms with Gasteiger partial charge in [-0.15, -0.1) is 0 Å². The van der Waals surface area contributed by atoms with Crippen LogP contribution < -0.4 is 10.6 Å². The molecule has 1 saturated heterocycles. The van der Waals surface area contributed by atoms with Crippen molar-refractivity contribution in [1.29, 1.82) is 0 Å². The summed E-state index contributed by atoms with van der Waals surface area (Å²) in [5.41, 5.74) is 0.522. The van der Waals surface area contributed by atoms with E-state index in [4.69, 9.17) is 0 Å². The van der Waals surface area contributed by atoms with Gasteiger partial charge in [0.1, 0.15) is 0 Å². The number of rotatable bonds is 6. The molecular weight excluding hydrogens is 268 g/mol. The summed E-state index contributed by atoms with van der Waals surface area (Å²) in [6.07, 6.45) is 12.7. The summed E-state index contributed by atoms with van der Waals surface area (Å²) in [6.45, 7) is 13.0. The van der Waals surface area contributed by atoms with Gasteiger partial charge in [-0.1, -0.05) is 39.0 Å². The van der Waals surface area contributed by atoms with Crippen LogP contribution in [0.5, 0.6) is 0 Å². The molecule has 1 saturated carbocycles. The van der Waals surface area contributed by atoms with E-state index in [2.05, 4.69) is 45.3 Å². The van der Waals surface area contributed by atoms with Gasteiger partial charge in [0, 0.05) is 17.1 Å². The minimum absolute atomic E-state index is 0.261. The van der Waals surface area contributed by atoms with Crippen molar-refractivity contribution in [3.8, 4) is 0 Å². The van der Waals surface area contributed by atoms with Crippen LogP contribution in [0.15, 0.2) is 0 Å². The first-order valence-electron chi connectivity index (χ1n) is 9.82. The first kappa shape index (κ1) is 18.3. The molecule has 2 heteroatoms. The third-order valence-electron chi connectivity index (χ3n) is 5.82. The van der Waals surface area contributed by atoms with Gasteiger partial charge in [0.15, 0.2) is 0 Å². The third kappa shape index (κ3) is 5.85. The SMILES string of the molecule is CCCCC1CCC(CNC2CC(C)(C)NC(C)(C)C2)CC1. The number of hydrogen-bond donors (Lipinski definition) is 2. The lowest BCUT2D eigenvalue weighted by molar-refractivity contribution is 0.139. The zero-order valence-corrected chi connectivity index (χ0v) is 15.8. The van der Waals surface area contributed by atoms with Crippen molar-refractivity contribution in [2.45, 2.75) is 110 Å². The maximum atomic E-state index is 3.92. The zero-order chi connectivity index (χ0) is 16.2. The second-order valence-corrected chi connectivity index (χ2v) is 9.44. The summed E-state index contributed by atoms with van der Waals surface area (Å²) < 4.78 is 0. The fourth-order valence-electron chi connectivity index (χ4n) is 5.02. The predicted molar refractivity (Wildman–Crippen MR) is 97.3 cm³/mol. The smallest absolute Gasteiger partial charge is 0.0144 e. The average molecular weight is 309 g/mol. The van der Waals surface area contributed by atoms with Crippen LogP contribution in [0.1, 0.15) is 92.4 Å². The van der Waals surface area contributed by atoms with Crippen LogP contribution in [0, 0.1) is 11.8 Å². The van der Waals surface area contributed by atoms with E-state index >= 15 is 0 Å². The molecule has 0 atom stereocenters. The van der Waals surface area contributed by atoms with E-state index in [9.17, 15) is 0 Å².